The third-order valence-electron chi connectivity index (χ3n) is 4.50. The number of likely N-dealkylation sites (tertiary alicyclic amines) is 1. The van der Waals surface area contributed by atoms with Crippen molar-refractivity contribution < 1.29 is 18.7 Å². The van der Waals surface area contributed by atoms with Crippen LogP contribution in [0.4, 0.5) is 4.39 Å². The van der Waals surface area contributed by atoms with E-state index in [0.29, 0.717) is 35.5 Å². The molecule has 0 spiro atoms. The van der Waals surface area contributed by atoms with E-state index in [4.69, 9.17) is 32.7 Å². The van der Waals surface area contributed by atoms with E-state index in [2.05, 4.69) is 5.32 Å². The summed E-state index contributed by atoms with van der Waals surface area (Å²) in [5.41, 5.74) is -1.40. The predicted molar refractivity (Wildman–Crippen MR) is 112 cm³/mol. The number of rotatable bonds is 10. The van der Waals surface area contributed by atoms with Gasteiger partial charge in [-0.25, -0.2) is 4.39 Å². The van der Waals surface area contributed by atoms with E-state index in [0.717, 1.165) is 18.7 Å². The van der Waals surface area contributed by atoms with E-state index in [1.165, 1.54) is 0 Å². The smallest absolute Gasteiger partial charge is 0.258 e. The van der Waals surface area contributed by atoms with Gasteiger partial charge >= 0.3 is 0 Å². The number of benzene rings is 2. The minimum Gasteiger partial charge on any atom is -0.494 e. The van der Waals surface area contributed by atoms with Crippen molar-refractivity contribution in [2.45, 2.75) is 12.1 Å². The summed E-state index contributed by atoms with van der Waals surface area (Å²) in [4.78, 5) is 13.9. The van der Waals surface area contributed by atoms with Crippen LogP contribution in [0.25, 0.3) is 0 Å². The van der Waals surface area contributed by atoms with Crippen LogP contribution in [0, 0.1) is 0 Å². The molecule has 3 rings (SSSR count). The Morgan fingerprint density at radius 3 is 2.14 bits per heavy atom. The molecule has 0 bridgehead atoms. The lowest BCUT2D eigenvalue weighted by Gasteiger charge is -2.44. The van der Waals surface area contributed by atoms with Crippen molar-refractivity contribution in [3.63, 3.8) is 0 Å². The summed E-state index contributed by atoms with van der Waals surface area (Å²) in [5.74, 6) is 0.948. The molecule has 8 heteroatoms. The SMILES string of the molecule is O=C(COc1ccc(Cl)cc1)NCC1(F)CN(CCCOc2ccc(Cl)cc2)C1. The number of hydrogen-bond donors (Lipinski definition) is 1. The highest BCUT2D eigenvalue weighted by Gasteiger charge is 2.43. The zero-order chi connectivity index (χ0) is 20.7. The van der Waals surface area contributed by atoms with E-state index in [9.17, 15) is 9.18 Å². The highest BCUT2D eigenvalue weighted by atomic mass is 35.5. The maximum absolute atomic E-state index is 14.6. The molecule has 156 valence electrons. The molecule has 0 radical (unpaired) electrons. The lowest BCUT2D eigenvalue weighted by Crippen LogP contribution is -2.63. The summed E-state index contributed by atoms with van der Waals surface area (Å²) < 4.78 is 25.5. The van der Waals surface area contributed by atoms with Gasteiger partial charge in [0.25, 0.3) is 5.91 Å². The average Bonchev–Trinajstić information content (AvgIpc) is 2.69. The van der Waals surface area contributed by atoms with Gasteiger partial charge in [-0.2, -0.15) is 0 Å². The number of nitrogens with one attached hydrogen (secondary N) is 1. The Bertz CT molecular complexity index is 797. The van der Waals surface area contributed by atoms with Gasteiger partial charge in [0.05, 0.1) is 13.2 Å². The maximum Gasteiger partial charge on any atom is 0.258 e. The van der Waals surface area contributed by atoms with E-state index in [1.807, 2.05) is 17.0 Å². The number of amides is 1. The van der Waals surface area contributed by atoms with Crippen LogP contribution in [0.3, 0.4) is 0 Å². The van der Waals surface area contributed by atoms with Gasteiger partial charge in [0, 0.05) is 29.7 Å². The molecule has 1 amide bonds. The molecule has 1 N–H and O–H groups in total. The van der Waals surface area contributed by atoms with Crippen molar-refractivity contribution in [1.29, 1.82) is 0 Å². The minimum absolute atomic E-state index is 0.0203. The monoisotopic (exact) mass is 440 g/mol. The lowest BCUT2D eigenvalue weighted by atomic mass is 9.96. The minimum atomic E-state index is -1.40. The van der Waals surface area contributed by atoms with Gasteiger partial charge < -0.3 is 14.8 Å². The Balaban J connectivity index is 1.25. The number of ether oxygens (including phenoxy) is 2. The molecule has 2 aromatic carbocycles. The summed E-state index contributed by atoms with van der Waals surface area (Å²) in [6.45, 7) is 1.71. The van der Waals surface area contributed by atoms with Crippen molar-refractivity contribution >= 4 is 29.1 Å². The molecule has 29 heavy (non-hydrogen) atoms. The van der Waals surface area contributed by atoms with Crippen LogP contribution in [0.15, 0.2) is 48.5 Å². The summed E-state index contributed by atoms with van der Waals surface area (Å²) in [7, 11) is 0. The van der Waals surface area contributed by atoms with Crippen molar-refractivity contribution in [3.05, 3.63) is 58.6 Å². The van der Waals surface area contributed by atoms with E-state index in [-0.39, 0.29) is 19.1 Å². The normalized spacial score (nSPS) is 15.4. The molecule has 0 aliphatic carbocycles. The highest BCUT2D eigenvalue weighted by Crippen LogP contribution is 2.25. The Kier molecular flexibility index (Phi) is 7.58. The summed E-state index contributed by atoms with van der Waals surface area (Å²) in [6.07, 6.45) is 0.792. The summed E-state index contributed by atoms with van der Waals surface area (Å²) in [5, 5.41) is 3.85. The topological polar surface area (TPSA) is 50.8 Å². The standard InChI is InChI=1S/C21H23Cl2FN2O3/c22-16-2-6-18(7-3-16)28-11-1-10-26-14-21(24,15-26)13-25-20(27)12-29-19-8-4-17(23)5-9-19/h2-9H,1,10-15H2,(H,25,27). The fourth-order valence-electron chi connectivity index (χ4n) is 3.02. The van der Waals surface area contributed by atoms with Crippen LogP contribution in [0.5, 0.6) is 11.5 Å². The number of carbonyl (C=O) groups excluding carboxylic acids is 1. The van der Waals surface area contributed by atoms with Crippen LogP contribution < -0.4 is 14.8 Å². The van der Waals surface area contributed by atoms with E-state index >= 15 is 0 Å². The van der Waals surface area contributed by atoms with Gasteiger partial charge in [-0.15, -0.1) is 0 Å². The van der Waals surface area contributed by atoms with Crippen LogP contribution in [-0.2, 0) is 4.79 Å². The third kappa shape index (κ3) is 7.07. The molecule has 1 saturated heterocycles. The third-order valence-corrected chi connectivity index (χ3v) is 5.00. The Labute approximate surface area is 179 Å². The number of hydrogen-bond acceptors (Lipinski definition) is 4. The zero-order valence-corrected chi connectivity index (χ0v) is 17.4. The molecule has 5 nitrogen and oxygen atoms in total. The molecular formula is C21H23Cl2FN2O3. The van der Waals surface area contributed by atoms with Crippen LogP contribution in [0.2, 0.25) is 10.0 Å². The van der Waals surface area contributed by atoms with Crippen molar-refractivity contribution in [2.75, 3.05) is 39.4 Å². The summed E-state index contributed by atoms with van der Waals surface area (Å²) >= 11 is 11.6. The van der Waals surface area contributed by atoms with Gasteiger partial charge in [-0.05, 0) is 55.0 Å². The second kappa shape index (κ2) is 10.1. The Morgan fingerprint density at radius 1 is 1.00 bits per heavy atom. The van der Waals surface area contributed by atoms with E-state index in [1.54, 1.807) is 36.4 Å². The quantitative estimate of drug-likeness (QED) is 0.567. The average molecular weight is 441 g/mol. The fraction of sp³-hybridized carbons (Fsp3) is 0.381. The van der Waals surface area contributed by atoms with Crippen LogP contribution in [-0.4, -0.2) is 55.9 Å². The number of halogens is 3. The number of carbonyl (C=O) groups is 1. The molecule has 2 aromatic rings. The first kappa shape index (κ1) is 21.7. The van der Waals surface area contributed by atoms with Crippen molar-refractivity contribution in [2.24, 2.45) is 0 Å². The molecule has 1 heterocycles. The maximum atomic E-state index is 14.6. The summed E-state index contributed by atoms with van der Waals surface area (Å²) in [6, 6.07) is 13.9. The lowest BCUT2D eigenvalue weighted by molar-refractivity contribution is -0.125. The Morgan fingerprint density at radius 2 is 1.55 bits per heavy atom. The second-order valence-corrected chi connectivity index (χ2v) is 7.91. The van der Waals surface area contributed by atoms with Gasteiger partial charge in [0.2, 0.25) is 0 Å². The molecule has 1 aliphatic heterocycles. The van der Waals surface area contributed by atoms with E-state index < -0.39 is 5.67 Å². The van der Waals surface area contributed by atoms with Crippen molar-refractivity contribution in [3.8, 4) is 11.5 Å². The van der Waals surface area contributed by atoms with Gasteiger partial charge in [0.15, 0.2) is 12.3 Å². The highest BCUT2D eigenvalue weighted by molar-refractivity contribution is 6.30. The predicted octanol–water partition coefficient (Wildman–Crippen LogP) is 3.98. The number of nitrogens with zero attached hydrogens (tertiary/aromatic N) is 1. The van der Waals surface area contributed by atoms with Crippen molar-refractivity contribution in [1.82, 2.24) is 10.2 Å². The first-order chi connectivity index (χ1) is 13.9. The van der Waals surface area contributed by atoms with Gasteiger partial charge in [-0.3, -0.25) is 9.69 Å². The molecule has 0 atom stereocenters. The zero-order valence-electron chi connectivity index (χ0n) is 15.9. The molecular weight excluding hydrogens is 418 g/mol. The largest absolute Gasteiger partial charge is 0.494 e. The first-order valence-electron chi connectivity index (χ1n) is 9.37. The molecule has 1 fully saturated rings. The molecule has 0 aromatic heterocycles. The first-order valence-corrected chi connectivity index (χ1v) is 10.1. The van der Waals surface area contributed by atoms with Crippen LogP contribution >= 0.6 is 23.2 Å². The molecule has 0 unspecified atom stereocenters. The fourth-order valence-corrected chi connectivity index (χ4v) is 3.27. The van der Waals surface area contributed by atoms with Gasteiger partial charge in [-0.1, -0.05) is 23.2 Å². The molecule has 0 saturated carbocycles. The molecule has 1 aliphatic rings. The number of alkyl halides is 1. The van der Waals surface area contributed by atoms with Crippen LogP contribution in [0.1, 0.15) is 6.42 Å². The second-order valence-electron chi connectivity index (χ2n) is 7.04. The van der Waals surface area contributed by atoms with Gasteiger partial charge in [0.1, 0.15) is 11.5 Å². The Hall–Kier alpha value is -2.02.